The van der Waals surface area contributed by atoms with Gasteiger partial charge in [0.2, 0.25) is 5.91 Å². The van der Waals surface area contributed by atoms with Crippen molar-refractivity contribution in [2.24, 2.45) is 0 Å². The van der Waals surface area contributed by atoms with Gasteiger partial charge >= 0.3 is 0 Å². The van der Waals surface area contributed by atoms with Gasteiger partial charge in [-0.25, -0.2) is 4.90 Å². The minimum Gasteiger partial charge on any atom is -0.356 e. The van der Waals surface area contributed by atoms with Gasteiger partial charge in [-0.1, -0.05) is 19.1 Å². The molecule has 1 aromatic rings. The number of anilines is 1. The summed E-state index contributed by atoms with van der Waals surface area (Å²) in [5.74, 6) is -0.721. The van der Waals surface area contributed by atoms with E-state index in [1.54, 1.807) is 24.3 Å². The summed E-state index contributed by atoms with van der Waals surface area (Å²) in [5.41, 5.74) is 1.36. The molecule has 3 amide bonds. The van der Waals surface area contributed by atoms with Crippen molar-refractivity contribution in [1.82, 2.24) is 5.32 Å². The summed E-state index contributed by atoms with van der Waals surface area (Å²) in [6, 6.07) is 6.84. The second-order valence-electron chi connectivity index (χ2n) is 4.54. The molecule has 20 heavy (non-hydrogen) atoms. The van der Waals surface area contributed by atoms with Gasteiger partial charge in [0, 0.05) is 18.7 Å². The lowest BCUT2D eigenvalue weighted by atomic mass is 10.1. The predicted octanol–water partition coefficient (Wildman–Crippen LogP) is 1.18. The van der Waals surface area contributed by atoms with Crippen molar-refractivity contribution in [2.45, 2.75) is 19.8 Å². The van der Waals surface area contributed by atoms with Crippen LogP contribution in [0.4, 0.5) is 5.69 Å². The van der Waals surface area contributed by atoms with Crippen LogP contribution in [0.25, 0.3) is 0 Å². The van der Waals surface area contributed by atoms with E-state index in [1.165, 1.54) is 12.2 Å². The van der Waals surface area contributed by atoms with E-state index >= 15 is 0 Å². The Balaban J connectivity index is 2.02. The van der Waals surface area contributed by atoms with Gasteiger partial charge < -0.3 is 5.32 Å². The van der Waals surface area contributed by atoms with Crippen molar-refractivity contribution in [3.05, 3.63) is 42.0 Å². The number of nitrogens with one attached hydrogen (secondary N) is 1. The fourth-order valence-electron chi connectivity index (χ4n) is 1.93. The highest BCUT2D eigenvalue weighted by atomic mass is 16.2. The van der Waals surface area contributed by atoms with Crippen LogP contribution in [0.15, 0.2) is 36.4 Å². The van der Waals surface area contributed by atoms with Gasteiger partial charge in [-0.3, -0.25) is 14.4 Å². The molecule has 1 aromatic carbocycles. The van der Waals surface area contributed by atoms with Gasteiger partial charge in [-0.05, 0) is 24.1 Å². The number of benzene rings is 1. The number of hydrogen-bond acceptors (Lipinski definition) is 3. The average molecular weight is 272 g/mol. The van der Waals surface area contributed by atoms with Crippen molar-refractivity contribution in [2.75, 3.05) is 11.4 Å². The van der Waals surface area contributed by atoms with Crippen molar-refractivity contribution in [1.29, 1.82) is 0 Å². The lowest BCUT2D eigenvalue weighted by Crippen LogP contribution is -2.29. The van der Waals surface area contributed by atoms with E-state index < -0.39 is 0 Å². The van der Waals surface area contributed by atoms with E-state index in [9.17, 15) is 14.4 Å². The maximum atomic E-state index is 11.6. The quantitative estimate of drug-likeness (QED) is 0.819. The Morgan fingerprint density at radius 3 is 2.25 bits per heavy atom. The first-order valence-corrected chi connectivity index (χ1v) is 6.53. The molecule has 0 spiro atoms. The molecule has 1 N–H and O–H groups in total. The van der Waals surface area contributed by atoms with Crippen LogP contribution >= 0.6 is 0 Å². The van der Waals surface area contributed by atoms with Crippen LogP contribution in [0, 0.1) is 0 Å². The number of imide groups is 1. The first kappa shape index (κ1) is 14.0. The minimum absolute atomic E-state index is 0.0328. The lowest BCUT2D eigenvalue weighted by molar-refractivity contribution is -0.121. The van der Waals surface area contributed by atoms with E-state index in [0.29, 0.717) is 18.7 Å². The Labute approximate surface area is 117 Å². The molecule has 1 aliphatic heterocycles. The number of hydrogen-bond donors (Lipinski definition) is 1. The average Bonchev–Trinajstić information content (AvgIpc) is 2.77. The molecule has 0 saturated heterocycles. The molecule has 0 saturated carbocycles. The van der Waals surface area contributed by atoms with Crippen LogP contribution in [-0.2, 0) is 20.8 Å². The minimum atomic E-state index is -0.344. The zero-order chi connectivity index (χ0) is 14.5. The molecule has 5 nitrogen and oxygen atoms in total. The summed E-state index contributed by atoms with van der Waals surface area (Å²) in [6.45, 7) is 2.66. The van der Waals surface area contributed by atoms with E-state index in [4.69, 9.17) is 0 Å². The lowest BCUT2D eigenvalue weighted by Gasteiger charge is -2.14. The van der Waals surface area contributed by atoms with Crippen molar-refractivity contribution in [3.8, 4) is 0 Å². The zero-order valence-corrected chi connectivity index (χ0v) is 11.3. The maximum Gasteiger partial charge on any atom is 0.258 e. The van der Waals surface area contributed by atoms with Crippen LogP contribution in [0.5, 0.6) is 0 Å². The monoisotopic (exact) mass is 272 g/mol. The van der Waals surface area contributed by atoms with Crippen LogP contribution in [-0.4, -0.2) is 24.3 Å². The summed E-state index contributed by atoms with van der Waals surface area (Å²) < 4.78 is 0. The molecule has 5 heteroatoms. The third kappa shape index (κ3) is 3.12. The molecule has 0 aliphatic carbocycles. The normalized spacial score (nSPS) is 13.9. The van der Waals surface area contributed by atoms with Crippen LogP contribution in [0.3, 0.4) is 0 Å². The van der Waals surface area contributed by atoms with Crippen molar-refractivity contribution < 1.29 is 14.4 Å². The third-order valence-corrected chi connectivity index (χ3v) is 2.94. The number of rotatable bonds is 5. The molecular weight excluding hydrogens is 256 g/mol. The Morgan fingerprint density at radius 1 is 1.10 bits per heavy atom. The van der Waals surface area contributed by atoms with Gasteiger partial charge in [-0.15, -0.1) is 0 Å². The predicted molar refractivity (Wildman–Crippen MR) is 75.1 cm³/mol. The molecule has 0 atom stereocenters. The Kier molecular flexibility index (Phi) is 4.30. The van der Waals surface area contributed by atoms with Gasteiger partial charge in [0.1, 0.15) is 0 Å². The molecule has 1 heterocycles. The topological polar surface area (TPSA) is 66.5 Å². The number of carbonyl (C=O) groups is 3. The Hall–Kier alpha value is -2.43. The van der Waals surface area contributed by atoms with Crippen molar-refractivity contribution >= 4 is 23.4 Å². The van der Waals surface area contributed by atoms with E-state index in [0.717, 1.165) is 16.9 Å². The number of nitrogens with zero attached hydrogens (tertiary/aromatic N) is 1. The molecule has 2 rings (SSSR count). The second kappa shape index (κ2) is 6.14. The summed E-state index contributed by atoms with van der Waals surface area (Å²) in [4.78, 5) is 35.7. The highest BCUT2D eigenvalue weighted by molar-refractivity contribution is 6.28. The molecular formula is C15H16N2O3. The van der Waals surface area contributed by atoms with E-state index in [-0.39, 0.29) is 17.7 Å². The SMILES string of the molecule is CCCNC(=O)Cc1ccc(N2C(=O)C=CC2=O)cc1. The number of carbonyl (C=O) groups excluding carboxylic acids is 3. The first-order chi connectivity index (χ1) is 9.61. The molecule has 0 unspecified atom stereocenters. The van der Waals surface area contributed by atoms with Gasteiger partial charge in [0.15, 0.2) is 0 Å². The van der Waals surface area contributed by atoms with E-state index in [1.807, 2.05) is 6.92 Å². The maximum absolute atomic E-state index is 11.6. The summed E-state index contributed by atoms with van der Waals surface area (Å²) in [6.07, 6.45) is 3.68. The highest BCUT2D eigenvalue weighted by Crippen LogP contribution is 2.19. The van der Waals surface area contributed by atoms with E-state index in [2.05, 4.69) is 5.32 Å². The Bertz CT molecular complexity index is 543. The molecule has 0 aromatic heterocycles. The molecule has 0 radical (unpaired) electrons. The molecule has 104 valence electrons. The largest absolute Gasteiger partial charge is 0.356 e. The first-order valence-electron chi connectivity index (χ1n) is 6.53. The van der Waals surface area contributed by atoms with Gasteiger partial charge in [-0.2, -0.15) is 0 Å². The Morgan fingerprint density at radius 2 is 1.70 bits per heavy atom. The van der Waals surface area contributed by atoms with Gasteiger partial charge in [0.05, 0.1) is 12.1 Å². The van der Waals surface area contributed by atoms with Gasteiger partial charge in [0.25, 0.3) is 11.8 Å². The van der Waals surface area contributed by atoms with Crippen LogP contribution in [0.2, 0.25) is 0 Å². The van der Waals surface area contributed by atoms with Crippen molar-refractivity contribution in [3.63, 3.8) is 0 Å². The third-order valence-electron chi connectivity index (χ3n) is 2.94. The number of amides is 3. The molecule has 0 bridgehead atoms. The molecule has 0 fully saturated rings. The zero-order valence-electron chi connectivity index (χ0n) is 11.3. The summed E-state index contributed by atoms with van der Waals surface area (Å²) in [5, 5.41) is 2.80. The van der Waals surface area contributed by atoms with Crippen LogP contribution < -0.4 is 10.2 Å². The fourth-order valence-corrected chi connectivity index (χ4v) is 1.93. The highest BCUT2D eigenvalue weighted by Gasteiger charge is 2.24. The fraction of sp³-hybridized carbons (Fsp3) is 0.267. The second-order valence-corrected chi connectivity index (χ2v) is 4.54. The summed E-state index contributed by atoms with van der Waals surface area (Å²) >= 11 is 0. The summed E-state index contributed by atoms with van der Waals surface area (Å²) in [7, 11) is 0. The molecule has 1 aliphatic rings. The standard InChI is InChI=1S/C15H16N2O3/c1-2-9-16-13(18)10-11-3-5-12(6-4-11)17-14(19)7-8-15(17)20/h3-8H,2,9-10H2,1H3,(H,16,18). The van der Waals surface area contributed by atoms with Crippen LogP contribution in [0.1, 0.15) is 18.9 Å². The smallest absolute Gasteiger partial charge is 0.258 e.